The van der Waals surface area contributed by atoms with Crippen molar-refractivity contribution in [2.45, 2.75) is 6.92 Å². The Kier molecular flexibility index (Phi) is 6.48. The summed E-state index contributed by atoms with van der Waals surface area (Å²) in [5.74, 6) is -2.26. The lowest BCUT2D eigenvalue weighted by Gasteiger charge is -2.13. The van der Waals surface area contributed by atoms with Crippen LogP contribution in [-0.2, 0) is 9.59 Å². The van der Waals surface area contributed by atoms with Gasteiger partial charge in [0.2, 0.25) is 0 Å². The maximum Gasteiger partial charge on any atom is 0.328 e. The Morgan fingerprint density at radius 2 is 1.61 bits per heavy atom. The minimum Gasteiger partial charge on any atom is -0.321 e. The van der Waals surface area contributed by atoms with Gasteiger partial charge in [0.05, 0.1) is 5.52 Å². The summed E-state index contributed by atoms with van der Waals surface area (Å²) in [5, 5.41) is 6.44. The van der Waals surface area contributed by atoms with Gasteiger partial charge in [0.1, 0.15) is 5.69 Å². The first kappa shape index (κ1) is 22.6. The number of hydrogen-bond acceptors (Lipinski definition) is 3. The van der Waals surface area contributed by atoms with Crippen LogP contribution >= 0.6 is 27.5 Å². The Morgan fingerprint density at radius 3 is 2.33 bits per heavy atom. The van der Waals surface area contributed by atoms with Crippen LogP contribution in [0.25, 0.3) is 10.9 Å². The lowest BCUT2D eigenvalue weighted by atomic mass is 10.2. The topological polar surface area (TPSA) is 92.2 Å². The van der Waals surface area contributed by atoms with E-state index in [0.717, 1.165) is 10.0 Å². The smallest absolute Gasteiger partial charge is 0.321 e. The Morgan fingerprint density at radius 1 is 0.848 bits per heavy atom. The number of amides is 3. The van der Waals surface area contributed by atoms with E-state index < -0.39 is 17.7 Å². The first-order chi connectivity index (χ1) is 15.8. The molecule has 0 saturated carbocycles. The number of nitrogens with one attached hydrogen (secondary N) is 3. The van der Waals surface area contributed by atoms with E-state index in [2.05, 4.69) is 32.0 Å². The van der Waals surface area contributed by atoms with Gasteiger partial charge < -0.3 is 10.6 Å². The second-order valence-corrected chi connectivity index (χ2v) is 8.65. The van der Waals surface area contributed by atoms with Crippen molar-refractivity contribution in [2.24, 2.45) is 0 Å². The number of fused-ring (bicyclic) bond motifs is 1. The summed E-state index contributed by atoms with van der Waals surface area (Å²) < 4.78 is 2.15. The summed E-state index contributed by atoms with van der Waals surface area (Å²) in [5.41, 5.74) is 5.16. The summed E-state index contributed by atoms with van der Waals surface area (Å²) in [4.78, 5) is 38.2. The number of carbonyl (C=O) groups is 3. The fraction of sp³-hybridized carbons (Fsp3) is 0.0417. The normalized spacial score (nSPS) is 10.6. The molecule has 33 heavy (non-hydrogen) atoms. The highest BCUT2D eigenvalue weighted by Crippen LogP contribution is 2.24. The van der Waals surface area contributed by atoms with Crippen molar-refractivity contribution in [3.63, 3.8) is 0 Å². The molecule has 9 heteroatoms. The molecule has 0 radical (unpaired) electrons. The molecule has 3 aromatic carbocycles. The van der Waals surface area contributed by atoms with Crippen molar-refractivity contribution < 1.29 is 14.4 Å². The van der Waals surface area contributed by atoms with Gasteiger partial charge in [-0.3, -0.25) is 19.8 Å². The summed E-state index contributed by atoms with van der Waals surface area (Å²) in [6, 6.07) is 20.7. The molecule has 0 atom stereocenters. The molecule has 166 valence electrons. The van der Waals surface area contributed by atoms with E-state index in [4.69, 9.17) is 11.6 Å². The van der Waals surface area contributed by atoms with Gasteiger partial charge in [-0.25, -0.2) is 4.68 Å². The predicted molar refractivity (Wildman–Crippen MR) is 133 cm³/mol. The summed E-state index contributed by atoms with van der Waals surface area (Å²) in [6.07, 6.45) is 0. The fourth-order valence-corrected chi connectivity index (χ4v) is 3.71. The maximum atomic E-state index is 13.0. The summed E-state index contributed by atoms with van der Waals surface area (Å²) in [7, 11) is 0. The molecule has 0 aliphatic carbocycles. The molecule has 0 bridgehead atoms. The van der Waals surface area contributed by atoms with Gasteiger partial charge >= 0.3 is 11.8 Å². The third-order valence-corrected chi connectivity index (χ3v) is 5.56. The number of anilines is 2. The quantitative estimate of drug-likeness (QED) is 0.315. The molecular weight excluding hydrogens is 508 g/mol. The molecule has 0 spiro atoms. The predicted octanol–water partition coefficient (Wildman–Crippen LogP) is 5.33. The van der Waals surface area contributed by atoms with Crippen molar-refractivity contribution in [1.82, 2.24) is 4.68 Å². The zero-order valence-corrected chi connectivity index (χ0v) is 19.7. The standard InChI is InChI=1S/C24H18BrClN4O3/c1-14-3-2-4-19(11-14)28-23(32)24(33)29-30-20-10-7-17(26)12-15(20)13-21(30)22(31)27-18-8-5-16(25)6-9-18/h2-13H,1H3,(H,27,31)(H,28,32)(H,29,33). The van der Waals surface area contributed by atoms with Gasteiger partial charge in [0.15, 0.2) is 0 Å². The number of benzene rings is 3. The Balaban J connectivity index is 1.62. The summed E-state index contributed by atoms with van der Waals surface area (Å²) in [6.45, 7) is 1.88. The molecule has 4 rings (SSSR count). The molecule has 1 heterocycles. The highest BCUT2D eigenvalue weighted by Gasteiger charge is 2.21. The van der Waals surface area contributed by atoms with Crippen LogP contribution in [0.2, 0.25) is 5.02 Å². The number of aryl methyl sites for hydroxylation is 1. The molecular formula is C24H18BrClN4O3. The van der Waals surface area contributed by atoms with Crippen LogP contribution in [0.15, 0.2) is 77.3 Å². The molecule has 0 aliphatic heterocycles. The molecule has 0 fully saturated rings. The molecule has 1 aromatic heterocycles. The van der Waals surface area contributed by atoms with Crippen LogP contribution in [0, 0.1) is 6.92 Å². The van der Waals surface area contributed by atoms with Crippen molar-refractivity contribution in [3.05, 3.63) is 93.5 Å². The van der Waals surface area contributed by atoms with E-state index >= 15 is 0 Å². The van der Waals surface area contributed by atoms with Gasteiger partial charge in [-0.15, -0.1) is 0 Å². The molecule has 0 saturated heterocycles. The molecule has 0 unspecified atom stereocenters. The third kappa shape index (κ3) is 5.24. The van der Waals surface area contributed by atoms with Gasteiger partial charge in [0, 0.05) is 26.3 Å². The number of aromatic nitrogens is 1. The Hall–Kier alpha value is -3.62. The number of halogens is 2. The Labute approximate surface area is 202 Å². The lowest BCUT2D eigenvalue weighted by molar-refractivity contribution is -0.133. The average molecular weight is 526 g/mol. The van der Waals surface area contributed by atoms with Crippen LogP contribution < -0.4 is 16.1 Å². The van der Waals surface area contributed by atoms with Gasteiger partial charge in [-0.1, -0.05) is 39.7 Å². The highest BCUT2D eigenvalue weighted by atomic mass is 79.9. The van der Waals surface area contributed by atoms with E-state index in [9.17, 15) is 14.4 Å². The maximum absolute atomic E-state index is 13.0. The molecule has 3 N–H and O–H groups in total. The highest BCUT2D eigenvalue weighted by molar-refractivity contribution is 9.10. The largest absolute Gasteiger partial charge is 0.328 e. The number of hydrogen-bond donors (Lipinski definition) is 3. The van der Waals surface area contributed by atoms with Crippen LogP contribution in [0.4, 0.5) is 11.4 Å². The summed E-state index contributed by atoms with van der Waals surface area (Å²) >= 11 is 9.45. The van der Waals surface area contributed by atoms with Crippen LogP contribution in [0.3, 0.4) is 0 Å². The first-order valence-electron chi connectivity index (χ1n) is 9.87. The SMILES string of the molecule is Cc1cccc(NC(=O)C(=O)Nn2c(C(=O)Nc3ccc(Br)cc3)cc3cc(Cl)ccc32)c1. The van der Waals surface area contributed by atoms with E-state index in [1.165, 1.54) is 4.68 Å². The third-order valence-electron chi connectivity index (χ3n) is 4.79. The van der Waals surface area contributed by atoms with E-state index in [1.54, 1.807) is 66.7 Å². The molecule has 3 amide bonds. The second-order valence-electron chi connectivity index (χ2n) is 7.29. The first-order valence-corrected chi connectivity index (χ1v) is 11.0. The number of carbonyl (C=O) groups excluding carboxylic acids is 3. The molecule has 4 aromatic rings. The molecule has 0 aliphatic rings. The average Bonchev–Trinajstić information content (AvgIpc) is 3.12. The lowest BCUT2D eigenvalue weighted by Crippen LogP contribution is -2.36. The van der Waals surface area contributed by atoms with Crippen LogP contribution in [0.1, 0.15) is 16.1 Å². The zero-order chi connectivity index (χ0) is 23.5. The van der Waals surface area contributed by atoms with Crippen molar-refractivity contribution in [2.75, 3.05) is 16.1 Å². The van der Waals surface area contributed by atoms with E-state index in [-0.39, 0.29) is 5.69 Å². The van der Waals surface area contributed by atoms with Gasteiger partial charge in [-0.2, -0.15) is 0 Å². The fourth-order valence-electron chi connectivity index (χ4n) is 3.27. The van der Waals surface area contributed by atoms with E-state index in [1.807, 2.05) is 13.0 Å². The van der Waals surface area contributed by atoms with Gasteiger partial charge in [-0.05, 0) is 73.2 Å². The van der Waals surface area contributed by atoms with Crippen LogP contribution in [-0.4, -0.2) is 22.4 Å². The van der Waals surface area contributed by atoms with Crippen molar-refractivity contribution in [3.8, 4) is 0 Å². The Bertz CT molecular complexity index is 1380. The van der Waals surface area contributed by atoms with Gasteiger partial charge in [0.25, 0.3) is 5.91 Å². The zero-order valence-electron chi connectivity index (χ0n) is 17.4. The minimum atomic E-state index is -0.929. The minimum absolute atomic E-state index is 0.131. The second kappa shape index (κ2) is 9.48. The van der Waals surface area contributed by atoms with E-state index in [0.29, 0.717) is 27.3 Å². The number of nitrogens with zero attached hydrogens (tertiary/aromatic N) is 1. The monoisotopic (exact) mass is 524 g/mol. The van der Waals surface area contributed by atoms with Crippen molar-refractivity contribution >= 4 is 67.5 Å². The van der Waals surface area contributed by atoms with Crippen molar-refractivity contribution in [1.29, 1.82) is 0 Å². The van der Waals surface area contributed by atoms with Crippen LogP contribution in [0.5, 0.6) is 0 Å². The number of rotatable bonds is 4. The molecule has 7 nitrogen and oxygen atoms in total.